The highest BCUT2D eigenvalue weighted by molar-refractivity contribution is 7.91. The molecule has 0 radical (unpaired) electrons. The zero-order chi connectivity index (χ0) is 15.0. The largest absolute Gasteiger partial charge is 0.368 e. The second-order valence-corrected chi connectivity index (χ2v) is 7.89. The molecule has 3 rings (SSSR count). The first-order chi connectivity index (χ1) is 9.94. The van der Waals surface area contributed by atoms with Crippen molar-refractivity contribution in [3.8, 4) is 0 Å². The summed E-state index contributed by atoms with van der Waals surface area (Å²) in [6.07, 6.45) is 1.72. The van der Waals surface area contributed by atoms with Gasteiger partial charge in [0.1, 0.15) is 11.9 Å². The van der Waals surface area contributed by atoms with Gasteiger partial charge in [0.2, 0.25) is 0 Å². The molecule has 0 saturated carbocycles. The van der Waals surface area contributed by atoms with E-state index in [0.717, 1.165) is 18.5 Å². The van der Waals surface area contributed by atoms with Gasteiger partial charge in [-0.05, 0) is 26.2 Å². The number of ether oxygens (including phenoxy) is 1. The molecule has 7 nitrogen and oxygen atoms in total. The average molecular weight is 313 g/mol. The molecule has 0 aromatic carbocycles. The van der Waals surface area contributed by atoms with E-state index in [-0.39, 0.29) is 23.5 Å². The van der Waals surface area contributed by atoms with Gasteiger partial charge in [-0.1, -0.05) is 0 Å². The minimum atomic E-state index is -2.99. The monoisotopic (exact) mass is 313 g/mol. The molecular weight excluding hydrogens is 294 g/mol. The third-order valence-electron chi connectivity index (χ3n) is 3.89. The number of amides is 1. The first-order valence-corrected chi connectivity index (χ1v) is 8.96. The minimum Gasteiger partial charge on any atom is -0.368 e. The Kier molecular flexibility index (Phi) is 3.75. The summed E-state index contributed by atoms with van der Waals surface area (Å²) in [6.45, 7) is 2.43. The van der Waals surface area contributed by atoms with Gasteiger partial charge in [-0.2, -0.15) is 5.10 Å². The van der Waals surface area contributed by atoms with E-state index in [2.05, 4.69) is 10.4 Å². The molecular formula is C13H19N3O4S. The summed E-state index contributed by atoms with van der Waals surface area (Å²) >= 11 is 0. The fraction of sp³-hybridized carbons (Fsp3) is 0.692. The minimum absolute atomic E-state index is 0.0803. The molecule has 8 heteroatoms. The molecule has 2 atom stereocenters. The Bertz CT molecular complexity index is 646. The third-order valence-corrected chi connectivity index (χ3v) is 5.64. The van der Waals surface area contributed by atoms with Crippen LogP contribution in [0.5, 0.6) is 0 Å². The number of anilines is 1. The maximum Gasteiger partial charge on any atom is 0.254 e. The van der Waals surface area contributed by atoms with Gasteiger partial charge in [-0.15, -0.1) is 0 Å². The van der Waals surface area contributed by atoms with Gasteiger partial charge in [0.25, 0.3) is 5.91 Å². The maximum absolute atomic E-state index is 12.1. The van der Waals surface area contributed by atoms with E-state index in [1.54, 1.807) is 10.7 Å². The van der Waals surface area contributed by atoms with Gasteiger partial charge in [0, 0.05) is 12.7 Å². The van der Waals surface area contributed by atoms with Crippen LogP contribution in [0, 0.1) is 6.92 Å². The predicted molar refractivity (Wildman–Crippen MR) is 76.9 cm³/mol. The number of aryl methyl sites for hydroxylation is 1. The van der Waals surface area contributed by atoms with Crippen molar-refractivity contribution in [2.45, 2.75) is 38.3 Å². The topological polar surface area (TPSA) is 90.3 Å². The molecule has 0 unspecified atom stereocenters. The first-order valence-electron chi connectivity index (χ1n) is 7.14. The summed E-state index contributed by atoms with van der Waals surface area (Å²) in [5.41, 5.74) is 0.752. The average Bonchev–Trinajstić information content (AvgIpc) is 3.09. The third kappa shape index (κ3) is 3.11. The molecule has 0 aliphatic carbocycles. The number of nitrogens with one attached hydrogen (secondary N) is 1. The normalized spacial score (nSPS) is 27.9. The fourth-order valence-corrected chi connectivity index (χ4v) is 4.54. The number of nitrogens with zero attached hydrogens (tertiary/aromatic N) is 2. The van der Waals surface area contributed by atoms with Crippen LogP contribution < -0.4 is 5.32 Å². The lowest BCUT2D eigenvalue weighted by Crippen LogP contribution is -2.28. The van der Waals surface area contributed by atoms with E-state index >= 15 is 0 Å². The van der Waals surface area contributed by atoms with Gasteiger partial charge < -0.3 is 10.1 Å². The Balaban J connectivity index is 1.78. The Morgan fingerprint density at radius 2 is 2.29 bits per heavy atom. The summed E-state index contributed by atoms with van der Waals surface area (Å²) in [6, 6.07) is 1.56. The lowest BCUT2D eigenvalue weighted by Gasteiger charge is -2.15. The van der Waals surface area contributed by atoms with Crippen LogP contribution in [0.4, 0.5) is 5.82 Å². The predicted octanol–water partition coefficient (Wildman–Crippen LogP) is 0.669. The summed E-state index contributed by atoms with van der Waals surface area (Å²) in [5.74, 6) is 0.622. The SMILES string of the molecule is Cc1cc(NC(=O)[C@@H]2CCCO2)n([C@@H]2CCS(=O)(=O)C2)n1. The number of aromatic nitrogens is 2. The Hall–Kier alpha value is -1.41. The lowest BCUT2D eigenvalue weighted by molar-refractivity contribution is -0.124. The Morgan fingerprint density at radius 3 is 2.90 bits per heavy atom. The van der Waals surface area contributed by atoms with Gasteiger partial charge in [-0.25, -0.2) is 13.1 Å². The number of hydrogen-bond donors (Lipinski definition) is 1. The van der Waals surface area contributed by atoms with Gasteiger partial charge in [0.05, 0.1) is 23.2 Å². The van der Waals surface area contributed by atoms with Crippen molar-refractivity contribution in [3.05, 3.63) is 11.8 Å². The molecule has 2 aliphatic heterocycles. The quantitative estimate of drug-likeness (QED) is 0.885. The molecule has 1 amide bonds. The van der Waals surface area contributed by atoms with E-state index < -0.39 is 15.9 Å². The van der Waals surface area contributed by atoms with E-state index in [1.165, 1.54) is 0 Å². The van der Waals surface area contributed by atoms with Crippen LogP contribution in [0.25, 0.3) is 0 Å². The van der Waals surface area contributed by atoms with Crippen LogP contribution in [-0.4, -0.2) is 48.3 Å². The summed E-state index contributed by atoms with van der Waals surface area (Å²) in [4.78, 5) is 12.1. The first kappa shape index (κ1) is 14.5. The van der Waals surface area contributed by atoms with Crippen molar-refractivity contribution in [1.29, 1.82) is 0 Å². The molecule has 116 valence electrons. The number of sulfone groups is 1. The molecule has 2 aliphatic rings. The Morgan fingerprint density at radius 1 is 1.48 bits per heavy atom. The van der Waals surface area contributed by atoms with Crippen LogP contribution in [0.3, 0.4) is 0 Å². The number of hydrogen-bond acceptors (Lipinski definition) is 5. The number of carbonyl (C=O) groups is 1. The van der Waals surface area contributed by atoms with Crippen molar-refractivity contribution in [1.82, 2.24) is 9.78 Å². The molecule has 2 saturated heterocycles. The van der Waals surface area contributed by atoms with Gasteiger partial charge >= 0.3 is 0 Å². The van der Waals surface area contributed by atoms with E-state index in [4.69, 9.17) is 4.74 Å². The van der Waals surface area contributed by atoms with E-state index in [9.17, 15) is 13.2 Å². The van der Waals surface area contributed by atoms with E-state index in [1.807, 2.05) is 6.92 Å². The zero-order valence-electron chi connectivity index (χ0n) is 11.9. The molecule has 21 heavy (non-hydrogen) atoms. The standard InChI is InChI=1S/C13H19N3O4S/c1-9-7-12(14-13(17)11-3-2-5-20-11)16(15-9)10-4-6-21(18,19)8-10/h7,10-11H,2-6,8H2,1H3,(H,14,17)/t10-,11+/m1/s1. The van der Waals surface area contributed by atoms with Crippen LogP contribution in [0.1, 0.15) is 31.0 Å². The van der Waals surface area contributed by atoms with Crippen LogP contribution >= 0.6 is 0 Å². The van der Waals surface area contributed by atoms with Gasteiger partial charge in [-0.3, -0.25) is 4.79 Å². The van der Waals surface area contributed by atoms with Crippen molar-refractivity contribution < 1.29 is 17.9 Å². The van der Waals surface area contributed by atoms with Crippen molar-refractivity contribution in [3.63, 3.8) is 0 Å². The summed E-state index contributed by atoms with van der Waals surface area (Å²) < 4.78 is 30.2. The molecule has 3 heterocycles. The highest BCUT2D eigenvalue weighted by atomic mass is 32.2. The molecule has 2 fully saturated rings. The fourth-order valence-electron chi connectivity index (χ4n) is 2.85. The highest BCUT2D eigenvalue weighted by Crippen LogP contribution is 2.27. The summed E-state index contributed by atoms with van der Waals surface area (Å²) in [5, 5.41) is 7.15. The van der Waals surface area contributed by atoms with E-state index in [0.29, 0.717) is 18.8 Å². The molecule has 1 aromatic heterocycles. The number of rotatable bonds is 3. The molecule has 0 spiro atoms. The maximum atomic E-state index is 12.1. The number of carbonyl (C=O) groups excluding carboxylic acids is 1. The Labute approximate surface area is 123 Å². The second kappa shape index (κ2) is 5.42. The van der Waals surface area contributed by atoms with Crippen LogP contribution in [-0.2, 0) is 19.4 Å². The van der Waals surface area contributed by atoms with Crippen molar-refractivity contribution in [2.75, 3.05) is 23.4 Å². The summed E-state index contributed by atoms with van der Waals surface area (Å²) in [7, 11) is -2.99. The van der Waals surface area contributed by atoms with Gasteiger partial charge in [0.15, 0.2) is 9.84 Å². The lowest BCUT2D eigenvalue weighted by atomic mass is 10.2. The second-order valence-electron chi connectivity index (χ2n) is 5.66. The van der Waals surface area contributed by atoms with Crippen LogP contribution in [0.2, 0.25) is 0 Å². The van der Waals surface area contributed by atoms with Crippen LogP contribution in [0.15, 0.2) is 6.07 Å². The van der Waals surface area contributed by atoms with Crippen molar-refractivity contribution >= 4 is 21.6 Å². The molecule has 1 N–H and O–H groups in total. The van der Waals surface area contributed by atoms with Crippen molar-refractivity contribution in [2.24, 2.45) is 0 Å². The highest BCUT2D eigenvalue weighted by Gasteiger charge is 2.32. The smallest absolute Gasteiger partial charge is 0.254 e. The molecule has 1 aromatic rings. The zero-order valence-corrected chi connectivity index (χ0v) is 12.7. The molecule has 0 bridgehead atoms.